The lowest BCUT2D eigenvalue weighted by atomic mass is 10.1. The Morgan fingerprint density at radius 1 is 1.45 bits per heavy atom. The van der Waals surface area contributed by atoms with E-state index in [1.54, 1.807) is 6.07 Å². The summed E-state index contributed by atoms with van der Waals surface area (Å²) < 4.78 is 16.5. The summed E-state index contributed by atoms with van der Waals surface area (Å²) in [6.45, 7) is 4.07. The third-order valence-electron chi connectivity index (χ3n) is 3.09. The van der Waals surface area contributed by atoms with Gasteiger partial charge in [-0.2, -0.15) is 4.98 Å². The number of oxazole rings is 1. The second-order valence-corrected chi connectivity index (χ2v) is 4.35. The molecule has 1 aromatic carbocycles. The summed E-state index contributed by atoms with van der Waals surface area (Å²) in [5.74, 6) is 0.307. The molecule has 2 heterocycles. The van der Waals surface area contributed by atoms with Crippen LogP contribution >= 0.6 is 0 Å². The molecule has 0 unspecified atom stereocenters. The van der Waals surface area contributed by atoms with E-state index in [0.29, 0.717) is 45.9 Å². The van der Waals surface area contributed by atoms with Crippen LogP contribution < -0.4 is 10.1 Å². The zero-order chi connectivity index (χ0) is 14.3. The van der Waals surface area contributed by atoms with Gasteiger partial charge in [0.25, 0.3) is 6.01 Å². The van der Waals surface area contributed by atoms with Gasteiger partial charge in [0.1, 0.15) is 11.3 Å². The molecule has 1 N–H and O–H groups in total. The smallest absolute Gasteiger partial charge is 0.295 e. The van der Waals surface area contributed by atoms with Crippen LogP contribution in [0, 0.1) is 0 Å². The zero-order valence-electron chi connectivity index (χ0n) is 11.4. The second kappa shape index (κ2) is 4.56. The van der Waals surface area contributed by atoms with Crippen molar-refractivity contribution in [3.05, 3.63) is 17.9 Å². The molecule has 0 saturated carbocycles. The SMILES string of the molecule is CCNc1nc2c(o1)c(C(C)=O)c(OC)c1ccoc12. The summed E-state index contributed by atoms with van der Waals surface area (Å²) in [5.41, 5.74) is 1.84. The third kappa shape index (κ3) is 1.65. The van der Waals surface area contributed by atoms with E-state index in [2.05, 4.69) is 10.3 Å². The lowest BCUT2D eigenvalue weighted by Gasteiger charge is -2.06. The van der Waals surface area contributed by atoms with Crippen molar-refractivity contribution in [2.75, 3.05) is 19.0 Å². The summed E-state index contributed by atoms with van der Waals surface area (Å²) in [5, 5.41) is 3.70. The number of hydrogen-bond acceptors (Lipinski definition) is 6. The first-order valence-electron chi connectivity index (χ1n) is 6.29. The number of anilines is 1. The number of carbonyl (C=O) groups is 1. The molecule has 104 valence electrons. The van der Waals surface area contributed by atoms with Gasteiger partial charge in [0.05, 0.1) is 18.8 Å². The number of fused-ring (bicyclic) bond motifs is 3. The predicted molar refractivity (Wildman–Crippen MR) is 74.5 cm³/mol. The largest absolute Gasteiger partial charge is 0.495 e. The second-order valence-electron chi connectivity index (χ2n) is 4.35. The zero-order valence-corrected chi connectivity index (χ0v) is 11.4. The summed E-state index contributed by atoms with van der Waals surface area (Å²) in [4.78, 5) is 16.3. The molecule has 0 spiro atoms. The van der Waals surface area contributed by atoms with E-state index in [1.807, 2.05) is 6.92 Å². The van der Waals surface area contributed by atoms with Crippen molar-refractivity contribution in [3.63, 3.8) is 0 Å². The van der Waals surface area contributed by atoms with Crippen LogP contribution in [0.5, 0.6) is 5.75 Å². The Kier molecular flexibility index (Phi) is 2.85. The fraction of sp³-hybridized carbons (Fsp3) is 0.286. The quantitative estimate of drug-likeness (QED) is 0.736. The summed E-state index contributed by atoms with van der Waals surface area (Å²) in [6.07, 6.45) is 1.54. The van der Waals surface area contributed by atoms with Gasteiger partial charge in [-0.3, -0.25) is 4.79 Å². The lowest BCUT2D eigenvalue weighted by molar-refractivity contribution is 0.101. The van der Waals surface area contributed by atoms with E-state index in [4.69, 9.17) is 13.6 Å². The van der Waals surface area contributed by atoms with Gasteiger partial charge in [-0.05, 0) is 19.9 Å². The molecule has 0 fully saturated rings. The average Bonchev–Trinajstić information content (AvgIpc) is 3.02. The highest BCUT2D eigenvalue weighted by molar-refractivity contribution is 6.16. The minimum atomic E-state index is -0.144. The molecule has 3 aromatic rings. The van der Waals surface area contributed by atoms with Crippen LogP contribution in [0.4, 0.5) is 6.01 Å². The Balaban J connectivity index is 2.47. The molecule has 0 radical (unpaired) electrons. The van der Waals surface area contributed by atoms with Gasteiger partial charge >= 0.3 is 0 Å². The molecule has 0 aliphatic rings. The maximum atomic E-state index is 12.0. The third-order valence-corrected chi connectivity index (χ3v) is 3.09. The standard InChI is InChI=1S/C14H14N2O4/c1-4-15-14-16-10-12-8(5-6-19-12)11(18-3)9(7(2)17)13(10)20-14/h5-6H,4H2,1-3H3,(H,15,16). The van der Waals surface area contributed by atoms with Crippen LogP contribution in [0.3, 0.4) is 0 Å². The minimum Gasteiger partial charge on any atom is -0.495 e. The highest BCUT2D eigenvalue weighted by Crippen LogP contribution is 2.39. The molecule has 0 saturated heterocycles. The van der Waals surface area contributed by atoms with E-state index in [-0.39, 0.29) is 5.78 Å². The van der Waals surface area contributed by atoms with Crippen LogP contribution in [-0.4, -0.2) is 24.4 Å². The normalized spacial score (nSPS) is 11.2. The van der Waals surface area contributed by atoms with Gasteiger partial charge in [-0.25, -0.2) is 0 Å². The molecule has 6 nitrogen and oxygen atoms in total. The van der Waals surface area contributed by atoms with Crippen LogP contribution in [0.15, 0.2) is 21.2 Å². The van der Waals surface area contributed by atoms with Crippen molar-refractivity contribution in [2.24, 2.45) is 0 Å². The van der Waals surface area contributed by atoms with E-state index in [9.17, 15) is 4.79 Å². The fourth-order valence-electron chi connectivity index (χ4n) is 2.31. The predicted octanol–water partition coefficient (Wildman–Crippen LogP) is 3.22. The Morgan fingerprint density at radius 2 is 2.25 bits per heavy atom. The van der Waals surface area contributed by atoms with Gasteiger partial charge in [0, 0.05) is 6.54 Å². The van der Waals surface area contributed by atoms with Gasteiger partial charge in [-0.15, -0.1) is 0 Å². The molecule has 2 aromatic heterocycles. The van der Waals surface area contributed by atoms with Crippen LogP contribution in [0.1, 0.15) is 24.2 Å². The summed E-state index contributed by atoms with van der Waals surface area (Å²) in [7, 11) is 1.52. The van der Waals surface area contributed by atoms with Crippen molar-refractivity contribution in [1.82, 2.24) is 4.98 Å². The summed E-state index contributed by atoms with van der Waals surface area (Å²) >= 11 is 0. The Labute approximate surface area is 114 Å². The number of Topliss-reactive ketones (excluding diaryl/α,β-unsaturated/α-hetero) is 1. The number of nitrogens with zero attached hydrogens (tertiary/aromatic N) is 1. The number of nitrogens with one attached hydrogen (secondary N) is 1. The number of furan rings is 1. The van der Waals surface area contributed by atoms with Crippen LogP contribution in [0.25, 0.3) is 22.1 Å². The van der Waals surface area contributed by atoms with E-state index in [1.165, 1.54) is 20.3 Å². The van der Waals surface area contributed by atoms with Gasteiger partial charge in [0.2, 0.25) is 0 Å². The van der Waals surface area contributed by atoms with Gasteiger partial charge in [0.15, 0.2) is 22.5 Å². The maximum absolute atomic E-state index is 12.0. The monoisotopic (exact) mass is 274 g/mol. The first-order valence-corrected chi connectivity index (χ1v) is 6.29. The number of aromatic nitrogens is 1. The highest BCUT2D eigenvalue weighted by Gasteiger charge is 2.24. The van der Waals surface area contributed by atoms with Crippen molar-refractivity contribution in [2.45, 2.75) is 13.8 Å². The molecule has 0 aliphatic carbocycles. The topological polar surface area (TPSA) is 77.5 Å². The van der Waals surface area contributed by atoms with Crippen molar-refractivity contribution >= 4 is 33.9 Å². The number of ketones is 1. The molecular formula is C14H14N2O4. The van der Waals surface area contributed by atoms with Crippen LogP contribution in [0.2, 0.25) is 0 Å². The van der Waals surface area contributed by atoms with Gasteiger partial charge in [-0.1, -0.05) is 0 Å². The van der Waals surface area contributed by atoms with E-state index in [0.717, 1.165) is 0 Å². The van der Waals surface area contributed by atoms with Crippen molar-refractivity contribution in [1.29, 1.82) is 0 Å². The number of ether oxygens (including phenoxy) is 1. The Bertz CT molecular complexity index is 800. The molecular weight excluding hydrogens is 260 g/mol. The van der Waals surface area contributed by atoms with Crippen LogP contribution in [-0.2, 0) is 0 Å². The lowest BCUT2D eigenvalue weighted by Crippen LogP contribution is -1.99. The molecule has 0 aliphatic heterocycles. The Hall–Kier alpha value is -2.50. The number of hydrogen-bond donors (Lipinski definition) is 1. The molecule has 0 bridgehead atoms. The Morgan fingerprint density at radius 3 is 2.90 bits per heavy atom. The number of benzene rings is 1. The molecule has 6 heteroatoms. The number of methoxy groups -OCH3 is 1. The number of carbonyl (C=O) groups excluding carboxylic acids is 1. The van der Waals surface area contributed by atoms with Crippen molar-refractivity contribution in [3.8, 4) is 5.75 Å². The van der Waals surface area contributed by atoms with E-state index < -0.39 is 0 Å². The molecule has 3 rings (SSSR count). The highest BCUT2D eigenvalue weighted by atomic mass is 16.5. The van der Waals surface area contributed by atoms with E-state index >= 15 is 0 Å². The average molecular weight is 274 g/mol. The fourth-order valence-corrected chi connectivity index (χ4v) is 2.31. The molecule has 20 heavy (non-hydrogen) atoms. The van der Waals surface area contributed by atoms with Crippen molar-refractivity contribution < 1.29 is 18.4 Å². The summed E-state index contributed by atoms with van der Waals surface area (Å²) in [6, 6.07) is 2.11. The minimum absolute atomic E-state index is 0.144. The maximum Gasteiger partial charge on any atom is 0.295 e. The first kappa shape index (κ1) is 12.5. The number of rotatable bonds is 4. The van der Waals surface area contributed by atoms with Gasteiger partial charge < -0.3 is 18.9 Å². The molecule has 0 atom stereocenters. The molecule has 0 amide bonds. The first-order chi connectivity index (χ1) is 9.67.